The minimum absolute atomic E-state index is 0.0501. The summed E-state index contributed by atoms with van der Waals surface area (Å²) >= 11 is 0. The summed E-state index contributed by atoms with van der Waals surface area (Å²) in [5, 5.41) is 22.3. The molecule has 0 aliphatic carbocycles. The lowest BCUT2D eigenvalue weighted by molar-refractivity contribution is -0.384. The fourth-order valence-electron chi connectivity index (χ4n) is 1.16. The highest BCUT2D eigenvalue weighted by molar-refractivity contribution is 5.68. The van der Waals surface area contributed by atoms with Gasteiger partial charge in [0.15, 0.2) is 0 Å². The normalized spacial score (nSPS) is 9.00. The lowest BCUT2D eigenvalue weighted by atomic mass is 10.1. The number of nitrogens with zero attached hydrogens (tertiary/aromatic N) is 2. The first-order chi connectivity index (χ1) is 7.20. The molecular weight excluding hydrogens is 194 g/mol. The predicted molar refractivity (Wildman–Crippen MR) is 56.5 cm³/mol. The number of hydrogen-bond acceptors (Lipinski definition) is 4. The van der Waals surface area contributed by atoms with Crippen LogP contribution in [0.1, 0.15) is 5.56 Å². The first kappa shape index (κ1) is 10.7. The fourth-order valence-corrected chi connectivity index (χ4v) is 1.16. The van der Waals surface area contributed by atoms with E-state index >= 15 is 0 Å². The molecule has 0 spiro atoms. The molecule has 76 valence electrons. The number of rotatable bonds is 4. The van der Waals surface area contributed by atoms with Crippen LogP contribution in [0.25, 0.3) is 0 Å². The third kappa shape index (κ3) is 2.31. The molecular formula is C10H9N3O2. The van der Waals surface area contributed by atoms with Crippen molar-refractivity contribution in [1.82, 2.24) is 0 Å². The number of nitriles is 1. The topological polar surface area (TPSA) is 79.0 Å². The molecule has 0 bridgehead atoms. The highest BCUT2D eigenvalue weighted by Gasteiger charge is 2.18. The Balaban J connectivity index is 3.20. The van der Waals surface area contributed by atoms with Crippen molar-refractivity contribution in [3.05, 3.63) is 46.5 Å². The van der Waals surface area contributed by atoms with Crippen molar-refractivity contribution in [2.75, 3.05) is 11.9 Å². The zero-order valence-corrected chi connectivity index (χ0v) is 7.93. The smallest absolute Gasteiger partial charge is 0.309 e. The van der Waals surface area contributed by atoms with Gasteiger partial charge in [-0.15, -0.1) is 6.58 Å². The van der Waals surface area contributed by atoms with E-state index in [4.69, 9.17) is 5.26 Å². The van der Waals surface area contributed by atoms with E-state index in [0.29, 0.717) is 12.2 Å². The van der Waals surface area contributed by atoms with Gasteiger partial charge in [-0.25, -0.2) is 0 Å². The number of nitro benzene ring substituents is 1. The number of anilines is 1. The second-order valence-electron chi connectivity index (χ2n) is 2.74. The molecule has 0 unspecified atom stereocenters. The fraction of sp³-hybridized carbons (Fsp3) is 0.100. The summed E-state index contributed by atoms with van der Waals surface area (Å²) in [6.45, 7) is 3.91. The second-order valence-corrected chi connectivity index (χ2v) is 2.74. The van der Waals surface area contributed by atoms with Crippen molar-refractivity contribution in [3.63, 3.8) is 0 Å². The SMILES string of the molecule is C=CCNc1cccc(C#N)c1[N+](=O)[O-]. The summed E-state index contributed by atoms with van der Waals surface area (Å²) in [6.07, 6.45) is 1.59. The summed E-state index contributed by atoms with van der Waals surface area (Å²) in [4.78, 5) is 10.2. The van der Waals surface area contributed by atoms with Gasteiger partial charge in [0, 0.05) is 6.54 Å². The zero-order chi connectivity index (χ0) is 11.3. The number of para-hydroxylation sites is 1. The van der Waals surface area contributed by atoms with Crippen molar-refractivity contribution in [1.29, 1.82) is 5.26 Å². The first-order valence-corrected chi connectivity index (χ1v) is 4.23. The third-order valence-corrected chi connectivity index (χ3v) is 1.78. The summed E-state index contributed by atoms with van der Waals surface area (Å²) in [5.74, 6) is 0. The van der Waals surface area contributed by atoms with Crippen molar-refractivity contribution in [2.45, 2.75) is 0 Å². The van der Waals surface area contributed by atoms with E-state index in [9.17, 15) is 10.1 Å². The van der Waals surface area contributed by atoms with Gasteiger partial charge < -0.3 is 5.32 Å². The largest absolute Gasteiger partial charge is 0.376 e. The van der Waals surface area contributed by atoms with Crippen LogP contribution in [0.5, 0.6) is 0 Å². The van der Waals surface area contributed by atoms with Gasteiger partial charge in [-0.1, -0.05) is 12.1 Å². The highest BCUT2D eigenvalue weighted by atomic mass is 16.6. The molecule has 1 aromatic rings. The minimum Gasteiger partial charge on any atom is -0.376 e. The van der Waals surface area contributed by atoms with Gasteiger partial charge in [-0.05, 0) is 12.1 Å². The molecule has 0 radical (unpaired) electrons. The Morgan fingerprint density at radius 1 is 1.67 bits per heavy atom. The van der Waals surface area contributed by atoms with Gasteiger partial charge in [-0.3, -0.25) is 10.1 Å². The molecule has 1 rings (SSSR count). The molecule has 1 N–H and O–H groups in total. The maximum Gasteiger partial charge on any atom is 0.309 e. The molecule has 1 aromatic carbocycles. The Bertz CT molecular complexity index is 435. The van der Waals surface area contributed by atoms with Gasteiger partial charge in [0.1, 0.15) is 17.3 Å². The van der Waals surface area contributed by atoms with Crippen LogP contribution in [0.4, 0.5) is 11.4 Å². The summed E-state index contributed by atoms with van der Waals surface area (Å²) in [7, 11) is 0. The Labute approximate surface area is 86.8 Å². The summed E-state index contributed by atoms with van der Waals surface area (Å²) in [6, 6.07) is 6.35. The van der Waals surface area contributed by atoms with Gasteiger partial charge >= 0.3 is 5.69 Å². The Hall–Kier alpha value is -2.35. The van der Waals surface area contributed by atoms with Crippen LogP contribution in [0.3, 0.4) is 0 Å². The van der Waals surface area contributed by atoms with Crippen LogP contribution in [-0.4, -0.2) is 11.5 Å². The van der Waals surface area contributed by atoms with E-state index in [1.807, 2.05) is 0 Å². The molecule has 0 aliphatic rings. The average Bonchev–Trinajstić information content (AvgIpc) is 2.25. The van der Waals surface area contributed by atoms with Gasteiger partial charge in [0.2, 0.25) is 0 Å². The molecule has 0 heterocycles. The first-order valence-electron chi connectivity index (χ1n) is 4.23. The molecule has 0 saturated carbocycles. The van der Waals surface area contributed by atoms with Crippen molar-refractivity contribution < 1.29 is 4.92 Å². The van der Waals surface area contributed by atoms with Gasteiger partial charge in [0.25, 0.3) is 0 Å². The monoisotopic (exact) mass is 203 g/mol. The van der Waals surface area contributed by atoms with E-state index in [1.54, 1.807) is 24.3 Å². The number of nitrogens with one attached hydrogen (secondary N) is 1. The van der Waals surface area contributed by atoms with E-state index < -0.39 is 4.92 Å². The molecule has 5 heteroatoms. The molecule has 0 amide bonds. The van der Waals surface area contributed by atoms with E-state index in [2.05, 4.69) is 11.9 Å². The molecule has 0 saturated heterocycles. The van der Waals surface area contributed by atoms with Crippen LogP contribution < -0.4 is 5.32 Å². The van der Waals surface area contributed by atoms with Crippen LogP contribution in [0.2, 0.25) is 0 Å². The van der Waals surface area contributed by atoms with Crippen molar-refractivity contribution >= 4 is 11.4 Å². The van der Waals surface area contributed by atoms with Gasteiger partial charge in [-0.2, -0.15) is 5.26 Å². The van der Waals surface area contributed by atoms with Crippen LogP contribution in [0.15, 0.2) is 30.9 Å². The van der Waals surface area contributed by atoms with E-state index in [0.717, 1.165) is 0 Å². The quantitative estimate of drug-likeness (QED) is 0.461. The van der Waals surface area contributed by atoms with Crippen LogP contribution >= 0.6 is 0 Å². The molecule has 0 fully saturated rings. The van der Waals surface area contributed by atoms with E-state index in [1.165, 1.54) is 6.07 Å². The van der Waals surface area contributed by atoms with E-state index in [-0.39, 0.29) is 11.3 Å². The number of nitro groups is 1. The number of hydrogen-bond donors (Lipinski definition) is 1. The third-order valence-electron chi connectivity index (χ3n) is 1.78. The summed E-state index contributed by atoms with van der Waals surface area (Å²) < 4.78 is 0. The maximum absolute atomic E-state index is 10.8. The van der Waals surface area contributed by atoms with Crippen LogP contribution in [0, 0.1) is 21.4 Å². The average molecular weight is 203 g/mol. The molecule has 15 heavy (non-hydrogen) atoms. The molecule has 0 aliphatic heterocycles. The molecule has 0 atom stereocenters. The number of benzene rings is 1. The van der Waals surface area contributed by atoms with Gasteiger partial charge in [0.05, 0.1) is 4.92 Å². The second kappa shape index (κ2) is 4.77. The standard InChI is InChI=1S/C10H9N3O2/c1-2-6-12-9-5-3-4-8(7-11)10(9)13(14)15/h2-5,12H,1,6H2. The lowest BCUT2D eigenvalue weighted by Crippen LogP contribution is -2.03. The molecule has 5 nitrogen and oxygen atoms in total. The van der Waals surface area contributed by atoms with Crippen molar-refractivity contribution in [3.8, 4) is 6.07 Å². The maximum atomic E-state index is 10.8. The molecule has 0 aromatic heterocycles. The van der Waals surface area contributed by atoms with Crippen LogP contribution in [-0.2, 0) is 0 Å². The summed E-state index contributed by atoms with van der Waals surface area (Å²) in [5.41, 5.74) is 0.190. The zero-order valence-electron chi connectivity index (χ0n) is 7.93. The Morgan fingerprint density at radius 3 is 2.93 bits per heavy atom. The lowest BCUT2D eigenvalue weighted by Gasteiger charge is -2.04. The predicted octanol–water partition coefficient (Wildman–Crippen LogP) is 2.06. The van der Waals surface area contributed by atoms with Crippen molar-refractivity contribution in [2.24, 2.45) is 0 Å². The minimum atomic E-state index is -0.566. The Kier molecular flexibility index (Phi) is 3.41. The Morgan fingerprint density at radius 2 is 2.40 bits per heavy atom. The highest BCUT2D eigenvalue weighted by Crippen LogP contribution is 2.27.